The van der Waals surface area contributed by atoms with Gasteiger partial charge in [-0.25, -0.2) is 10.1 Å². The van der Waals surface area contributed by atoms with Gasteiger partial charge in [0.15, 0.2) is 9.87 Å². The largest absolute Gasteiger partial charge is 0.322 e. The van der Waals surface area contributed by atoms with Gasteiger partial charge in [0.05, 0.1) is 0 Å². The number of nitro groups is 1. The first kappa shape index (κ1) is 11.7. The van der Waals surface area contributed by atoms with Gasteiger partial charge in [-0.15, -0.1) is 0 Å². The number of alkyl halides is 2. The van der Waals surface area contributed by atoms with Crippen LogP contribution in [0.4, 0.5) is 5.69 Å². The molecule has 1 aromatic rings. The lowest BCUT2D eigenvalue weighted by Crippen LogP contribution is -2.39. The summed E-state index contributed by atoms with van der Waals surface area (Å²) in [6.45, 7) is 0. The monoisotopic (exact) mass is 248 g/mol. The predicted molar refractivity (Wildman–Crippen MR) is 56.4 cm³/mol. The number of hydrogen-bond acceptors (Lipinski definition) is 3. The first-order chi connectivity index (χ1) is 7.04. The molecule has 5 nitrogen and oxygen atoms in total. The Hall–Kier alpha value is -1.33. The van der Waals surface area contributed by atoms with E-state index in [0.29, 0.717) is 5.01 Å². The Kier molecular flexibility index (Phi) is 3.88. The first-order valence-electron chi connectivity index (χ1n) is 3.85. The number of amides is 1. The fourth-order valence-corrected chi connectivity index (χ4v) is 1.15. The Bertz CT molecular complexity index is 369. The summed E-state index contributed by atoms with van der Waals surface area (Å²) in [6.07, 6.45) is 0. The van der Waals surface area contributed by atoms with Crippen molar-refractivity contribution in [3.05, 3.63) is 40.4 Å². The quantitative estimate of drug-likeness (QED) is 0.467. The maximum absolute atomic E-state index is 11.3. The molecule has 7 heteroatoms. The smallest absolute Gasteiger partial charge is 0.265 e. The zero-order valence-corrected chi connectivity index (χ0v) is 8.85. The molecule has 1 amide bonds. The second-order valence-electron chi connectivity index (χ2n) is 2.52. The van der Waals surface area contributed by atoms with Crippen LogP contribution in [0.5, 0.6) is 0 Å². The van der Waals surface area contributed by atoms with Crippen LogP contribution >= 0.6 is 23.2 Å². The second-order valence-corrected chi connectivity index (χ2v) is 3.62. The number of benzene rings is 1. The normalized spacial score (nSPS) is 10.1. The van der Waals surface area contributed by atoms with E-state index in [1.165, 1.54) is 12.1 Å². The number of rotatable bonds is 3. The minimum absolute atomic E-state index is 0.110. The molecule has 15 heavy (non-hydrogen) atoms. The standard InChI is InChI=1S/C8H6Cl2N2O3/c9-7(10)8(13)11(12(14)15)6-4-2-1-3-5-6/h1-5,7H. The highest BCUT2D eigenvalue weighted by Gasteiger charge is 2.31. The van der Waals surface area contributed by atoms with E-state index in [1.807, 2.05) is 0 Å². The van der Waals surface area contributed by atoms with E-state index in [4.69, 9.17) is 23.2 Å². The lowest BCUT2D eigenvalue weighted by molar-refractivity contribution is -0.483. The highest BCUT2D eigenvalue weighted by atomic mass is 35.5. The van der Waals surface area contributed by atoms with Crippen LogP contribution in [0.15, 0.2) is 30.3 Å². The van der Waals surface area contributed by atoms with E-state index >= 15 is 0 Å². The van der Waals surface area contributed by atoms with E-state index in [-0.39, 0.29) is 5.69 Å². The predicted octanol–water partition coefficient (Wildman–Crippen LogP) is 2.01. The van der Waals surface area contributed by atoms with Crippen LogP contribution in [-0.4, -0.2) is 15.8 Å². The fourth-order valence-electron chi connectivity index (χ4n) is 0.964. The Morgan fingerprint density at radius 2 is 1.87 bits per heavy atom. The highest BCUT2D eigenvalue weighted by Crippen LogP contribution is 2.17. The average molecular weight is 249 g/mol. The van der Waals surface area contributed by atoms with Gasteiger partial charge in [0, 0.05) is 0 Å². The van der Waals surface area contributed by atoms with Gasteiger partial charge >= 0.3 is 5.91 Å². The molecule has 0 atom stereocenters. The van der Waals surface area contributed by atoms with Crippen LogP contribution in [-0.2, 0) is 4.79 Å². The van der Waals surface area contributed by atoms with Crippen molar-refractivity contribution >= 4 is 34.8 Å². The summed E-state index contributed by atoms with van der Waals surface area (Å²) in [5.74, 6) is -0.991. The van der Waals surface area contributed by atoms with Crippen LogP contribution < -0.4 is 5.01 Å². The number of carbonyl (C=O) groups is 1. The van der Waals surface area contributed by atoms with Gasteiger partial charge in [-0.1, -0.05) is 41.4 Å². The van der Waals surface area contributed by atoms with Crippen molar-refractivity contribution in [1.82, 2.24) is 0 Å². The van der Waals surface area contributed by atoms with Crippen molar-refractivity contribution in [2.45, 2.75) is 4.84 Å². The highest BCUT2D eigenvalue weighted by molar-refractivity contribution is 6.54. The third kappa shape index (κ3) is 2.81. The van der Waals surface area contributed by atoms with E-state index in [0.717, 1.165) is 0 Å². The lowest BCUT2D eigenvalue weighted by Gasteiger charge is -2.12. The number of halogens is 2. The number of hydrazine groups is 1. The molecular weight excluding hydrogens is 243 g/mol. The van der Waals surface area contributed by atoms with Crippen LogP contribution in [0.25, 0.3) is 0 Å². The maximum Gasteiger partial charge on any atom is 0.322 e. The lowest BCUT2D eigenvalue weighted by atomic mass is 10.3. The van der Waals surface area contributed by atoms with Crippen molar-refractivity contribution < 1.29 is 9.83 Å². The molecule has 0 saturated carbocycles. The molecule has 0 heterocycles. The average Bonchev–Trinajstić information content (AvgIpc) is 2.18. The van der Waals surface area contributed by atoms with E-state index in [2.05, 4.69) is 0 Å². The van der Waals surface area contributed by atoms with Crippen molar-refractivity contribution in [3.63, 3.8) is 0 Å². The molecule has 1 aromatic carbocycles. The zero-order chi connectivity index (χ0) is 11.4. The summed E-state index contributed by atoms with van der Waals surface area (Å²) in [6, 6.07) is 7.63. The second kappa shape index (κ2) is 4.95. The minimum atomic E-state index is -1.46. The number of carbonyl (C=O) groups excluding carboxylic acids is 1. The van der Waals surface area contributed by atoms with Crippen molar-refractivity contribution in [3.8, 4) is 0 Å². The third-order valence-electron chi connectivity index (χ3n) is 1.56. The van der Waals surface area contributed by atoms with Gasteiger partial charge in [-0.2, -0.15) is 0 Å². The third-order valence-corrected chi connectivity index (χ3v) is 1.93. The summed E-state index contributed by atoms with van der Waals surface area (Å²) in [7, 11) is 0. The van der Waals surface area contributed by atoms with Gasteiger partial charge in [-0.3, -0.25) is 4.79 Å². The Morgan fingerprint density at radius 3 is 2.27 bits per heavy atom. The molecule has 0 aliphatic heterocycles. The summed E-state index contributed by atoms with van der Waals surface area (Å²) in [5, 5.41) is 10.1. The van der Waals surface area contributed by atoms with E-state index in [1.54, 1.807) is 18.2 Å². The van der Waals surface area contributed by atoms with Gasteiger partial charge in [0.2, 0.25) is 0 Å². The van der Waals surface area contributed by atoms with Gasteiger partial charge in [0.25, 0.3) is 0 Å². The number of hydrogen-bond donors (Lipinski definition) is 0. The molecule has 0 bridgehead atoms. The molecule has 0 N–H and O–H groups in total. The maximum atomic E-state index is 11.3. The molecular formula is C8H6Cl2N2O3. The molecule has 0 aliphatic carbocycles. The van der Waals surface area contributed by atoms with Gasteiger partial charge < -0.3 is 0 Å². The number of para-hydroxylation sites is 1. The first-order valence-corrected chi connectivity index (χ1v) is 4.73. The van der Waals surface area contributed by atoms with Crippen LogP contribution in [0.2, 0.25) is 0 Å². The fraction of sp³-hybridized carbons (Fsp3) is 0.125. The Morgan fingerprint density at radius 1 is 1.33 bits per heavy atom. The molecule has 0 unspecified atom stereocenters. The van der Waals surface area contributed by atoms with Crippen molar-refractivity contribution in [2.24, 2.45) is 0 Å². The molecule has 0 aliphatic rings. The molecule has 0 aromatic heterocycles. The molecule has 0 spiro atoms. The zero-order valence-electron chi connectivity index (χ0n) is 7.34. The molecule has 0 radical (unpaired) electrons. The minimum Gasteiger partial charge on any atom is -0.265 e. The van der Waals surface area contributed by atoms with Crippen molar-refractivity contribution in [2.75, 3.05) is 5.01 Å². The SMILES string of the molecule is O=C(C(Cl)Cl)N(c1ccccc1)[N+](=O)[O-]. The van der Waals surface area contributed by atoms with Crippen LogP contribution in [0, 0.1) is 10.1 Å². The summed E-state index contributed by atoms with van der Waals surface area (Å²) in [4.78, 5) is 20.5. The Labute approximate surface area is 95.3 Å². The van der Waals surface area contributed by atoms with Gasteiger partial charge in [0.1, 0.15) is 5.69 Å². The molecule has 80 valence electrons. The van der Waals surface area contributed by atoms with E-state index in [9.17, 15) is 14.9 Å². The summed E-state index contributed by atoms with van der Waals surface area (Å²) in [5.41, 5.74) is 0.110. The molecule has 0 saturated heterocycles. The molecule has 0 fully saturated rings. The van der Waals surface area contributed by atoms with Crippen LogP contribution in [0.1, 0.15) is 0 Å². The summed E-state index contributed by atoms with van der Waals surface area (Å²) >= 11 is 10.6. The Balaban J connectivity index is 3.05. The number of anilines is 1. The topological polar surface area (TPSA) is 63.5 Å². The van der Waals surface area contributed by atoms with Gasteiger partial charge in [-0.05, 0) is 17.1 Å². The van der Waals surface area contributed by atoms with Crippen LogP contribution in [0.3, 0.4) is 0 Å². The summed E-state index contributed by atoms with van der Waals surface area (Å²) < 4.78 is 0. The van der Waals surface area contributed by atoms with E-state index < -0.39 is 15.8 Å². The number of nitrogens with zero attached hydrogens (tertiary/aromatic N) is 2. The molecule has 1 rings (SSSR count). The van der Waals surface area contributed by atoms with Crippen molar-refractivity contribution in [1.29, 1.82) is 0 Å².